The van der Waals surface area contributed by atoms with Gasteiger partial charge in [-0.1, -0.05) is 29.8 Å². The fraction of sp³-hybridized carbons (Fsp3) is 0.111. The lowest BCUT2D eigenvalue weighted by molar-refractivity contribution is -0.144. The molecule has 1 unspecified atom stereocenters. The fourth-order valence-corrected chi connectivity index (χ4v) is 2.61. The number of aliphatic carboxylic acids is 1. The second-order valence-corrected chi connectivity index (χ2v) is 5.52. The second kappa shape index (κ2) is 6.26. The van der Waals surface area contributed by atoms with Crippen LogP contribution < -0.4 is 4.74 Å². The Morgan fingerprint density at radius 3 is 2.70 bits per heavy atom. The van der Waals surface area contributed by atoms with E-state index in [2.05, 4.69) is 4.98 Å². The zero-order valence-corrected chi connectivity index (χ0v) is 13.1. The lowest BCUT2D eigenvalue weighted by Gasteiger charge is -2.12. The van der Waals surface area contributed by atoms with Gasteiger partial charge in [0.1, 0.15) is 5.75 Å². The monoisotopic (exact) mass is 327 g/mol. The number of rotatable bonds is 4. The molecule has 0 amide bonds. The molecule has 0 saturated carbocycles. The zero-order valence-electron chi connectivity index (χ0n) is 12.4. The van der Waals surface area contributed by atoms with E-state index in [9.17, 15) is 4.79 Å². The summed E-state index contributed by atoms with van der Waals surface area (Å²) in [4.78, 5) is 15.2. The number of carboxylic acid groups (broad SMARTS) is 1. The van der Waals surface area contributed by atoms with Crippen LogP contribution in [0.2, 0.25) is 5.02 Å². The molecule has 0 spiro atoms. The van der Waals surface area contributed by atoms with Gasteiger partial charge in [0, 0.05) is 28.2 Å². The van der Waals surface area contributed by atoms with Crippen LogP contribution in [0.1, 0.15) is 6.92 Å². The Kier molecular flexibility index (Phi) is 4.17. The van der Waals surface area contributed by atoms with Crippen LogP contribution in [0.15, 0.2) is 54.7 Å². The van der Waals surface area contributed by atoms with Crippen molar-refractivity contribution in [3.05, 3.63) is 59.8 Å². The van der Waals surface area contributed by atoms with Crippen molar-refractivity contribution in [1.82, 2.24) is 4.98 Å². The molecule has 23 heavy (non-hydrogen) atoms. The van der Waals surface area contributed by atoms with Crippen LogP contribution in [0.3, 0.4) is 0 Å². The fourth-order valence-electron chi connectivity index (χ4n) is 2.37. The quantitative estimate of drug-likeness (QED) is 0.771. The van der Waals surface area contributed by atoms with E-state index in [0.29, 0.717) is 10.8 Å². The van der Waals surface area contributed by atoms with Gasteiger partial charge in [0.2, 0.25) is 0 Å². The molecule has 2 aromatic carbocycles. The minimum Gasteiger partial charge on any atom is -0.479 e. The van der Waals surface area contributed by atoms with Crippen molar-refractivity contribution in [2.45, 2.75) is 13.0 Å². The molecule has 0 bridgehead atoms. The van der Waals surface area contributed by atoms with E-state index in [1.165, 1.54) is 6.92 Å². The first kappa shape index (κ1) is 15.3. The molecule has 1 heterocycles. The first-order chi connectivity index (χ1) is 11.1. The van der Waals surface area contributed by atoms with Gasteiger partial charge in [-0.3, -0.25) is 4.98 Å². The predicted molar refractivity (Wildman–Crippen MR) is 89.9 cm³/mol. The zero-order chi connectivity index (χ0) is 16.4. The van der Waals surface area contributed by atoms with Crippen molar-refractivity contribution in [2.24, 2.45) is 0 Å². The summed E-state index contributed by atoms with van der Waals surface area (Å²) in [6.07, 6.45) is 0.782. The summed E-state index contributed by atoms with van der Waals surface area (Å²) in [5.41, 5.74) is 2.62. The van der Waals surface area contributed by atoms with E-state index in [1.807, 2.05) is 36.4 Å². The van der Waals surface area contributed by atoms with E-state index in [1.54, 1.807) is 18.3 Å². The molecule has 0 aliphatic carbocycles. The van der Waals surface area contributed by atoms with Gasteiger partial charge in [-0.2, -0.15) is 0 Å². The van der Waals surface area contributed by atoms with Crippen molar-refractivity contribution in [3.63, 3.8) is 0 Å². The average Bonchev–Trinajstić information content (AvgIpc) is 2.54. The number of nitrogens with zero attached hydrogens (tertiary/aromatic N) is 1. The van der Waals surface area contributed by atoms with Crippen LogP contribution >= 0.6 is 11.6 Å². The molecule has 0 aliphatic heterocycles. The largest absolute Gasteiger partial charge is 0.479 e. The van der Waals surface area contributed by atoms with Gasteiger partial charge in [-0.05, 0) is 36.8 Å². The Morgan fingerprint density at radius 2 is 1.96 bits per heavy atom. The van der Waals surface area contributed by atoms with Crippen LogP contribution in [0.5, 0.6) is 5.75 Å². The Labute approximate surface area is 138 Å². The lowest BCUT2D eigenvalue weighted by Crippen LogP contribution is -2.22. The molecule has 0 radical (unpaired) electrons. The molecule has 0 fully saturated rings. The maximum absolute atomic E-state index is 10.9. The van der Waals surface area contributed by atoms with Gasteiger partial charge in [0.15, 0.2) is 6.10 Å². The number of hydrogen-bond acceptors (Lipinski definition) is 3. The predicted octanol–water partition coefficient (Wildman–Crippen LogP) is 4.41. The number of fused-ring (bicyclic) bond motifs is 1. The van der Waals surface area contributed by atoms with Crippen LogP contribution in [-0.2, 0) is 4.79 Å². The summed E-state index contributed by atoms with van der Waals surface area (Å²) < 4.78 is 5.39. The molecule has 1 atom stereocenters. The highest BCUT2D eigenvalue weighted by Crippen LogP contribution is 2.33. The number of aromatic nitrogens is 1. The SMILES string of the molecule is CC(Oc1ccc2c(-c3ccccc3Cl)ccnc2c1)C(=O)O. The van der Waals surface area contributed by atoms with E-state index in [4.69, 9.17) is 21.4 Å². The standard InChI is InChI=1S/C18H14ClNO3/c1-11(18(21)22)23-12-6-7-15-13(8-9-20-17(15)10-12)14-4-2-3-5-16(14)19/h2-11H,1H3,(H,21,22). The summed E-state index contributed by atoms with van der Waals surface area (Å²) >= 11 is 6.28. The van der Waals surface area contributed by atoms with Gasteiger partial charge >= 0.3 is 5.97 Å². The summed E-state index contributed by atoms with van der Waals surface area (Å²) in [6, 6.07) is 14.9. The van der Waals surface area contributed by atoms with Gasteiger partial charge in [-0.25, -0.2) is 4.79 Å². The van der Waals surface area contributed by atoms with Gasteiger partial charge in [0.05, 0.1) is 5.52 Å². The molecular formula is C18H14ClNO3. The number of pyridine rings is 1. The molecule has 1 N–H and O–H groups in total. The third-order valence-electron chi connectivity index (χ3n) is 3.54. The molecule has 3 rings (SSSR count). The maximum Gasteiger partial charge on any atom is 0.344 e. The van der Waals surface area contributed by atoms with Crippen LogP contribution in [0, 0.1) is 0 Å². The van der Waals surface area contributed by atoms with E-state index < -0.39 is 12.1 Å². The van der Waals surface area contributed by atoms with Crippen molar-refractivity contribution in [3.8, 4) is 16.9 Å². The minimum absolute atomic E-state index is 0.469. The van der Waals surface area contributed by atoms with Crippen LogP contribution in [-0.4, -0.2) is 22.2 Å². The number of ether oxygens (including phenoxy) is 1. The first-order valence-corrected chi connectivity index (χ1v) is 7.47. The summed E-state index contributed by atoms with van der Waals surface area (Å²) in [5.74, 6) is -0.543. The van der Waals surface area contributed by atoms with Crippen LogP contribution in [0.25, 0.3) is 22.0 Å². The average molecular weight is 328 g/mol. The molecule has 3 aromatic rings. The lowest BCUT2D eigenvalue weighted by atomic mass is 10.0. The van der Waals surface area contributed by atoms with Gasteiger partial charge in [-0.15, -0.1) is 0 Å². The molecule has 1 aromatic heterocycles. The van der Waals surface area contributed by atoms with E-state index in [-0.39, 0.29) is 0 Å². The molecular weight excluding hydrogens is 314 g/mol. The Bertz CT molecular complexity index is 879. The minimum atomic E-state index is -1.01. The van der Waals surface area contributed by atoms with Crippen molar-refractivity contribution >= 4 is 28.5 Å². The molecule has 4 nitrogen and oxygen atoms in total. The molecule has 0 aliphatic rings. The van der Waals surface area contributed by atoms with Crippen LogP contribution in [0.4, 0.5) is 0 Å². The third kappa shape index (κ3) is 3.12. The van der Waals surface area contributed by atoms with Crippen molar-refractivity contribution in [1.29, 1.82) is 0 Å². The number of benzene rings is 2. The number of hydrogen-bond donors (Lipinski definition) is 1. The van der Waals surface area contributed by atoms with Crippen molar-refractivity contribution < 1.29 is 14.6 Å². The third-order valence-corrected chi connectivity index (χ3v) is 3.87. The first-order valence-electron chi connectivity index (χ1n) is 7.09. The Morgan fingerprint density at radius 1 is 1.17 bits per heavy atom. The number of halogens is 1. The van der Waals surface area contributed by atoms with Gasteiger partial charge < -0.3 is 9.84 Å². The van der Waals surface area contributed by atoms with Crippen molar-refractivity contribution in [2.75, 3.05) is 0 Å². The smallest absolute Gasteiger partial charge is 0.344 e. The molecule has 0 saturated heterocycles. The van der Waals surface area contributed by atoms with Gasteiger partial charge in [0.25, 0.3) is 0 Å². The number of carboxylic acids is 1. The summed E-state index contributed by atoms with van der Waals surface area (Å²) in [7, 11) is 0. The highest BCUT2D eigenvalue weighted by atomic mass is 35.5. The van der Waals surface area contributed by atoms with E-state index in [0.717, 1.165) is 22.0 Å². The second-order valence-electron chi connectivity index (χ2n) is 5.12. The molecule has 116 valence electrons. The normalized spacial score (nSPS) is 12.1. The highest BCUT2D eigenvalue weighted by Gasteiger charge is 2.14. The van der Waals surface area contributed by atoms with E-state index >= 15 is 0 Å². The summed E-state index contributed by atoms with van der Waals surface area (Å²) in [5, 5.41) is 10.5. The maximum atomic E-state index is 10.9. The number of carbonyl (C=O) groups is 1. The Balaban J connectivity index is 2.06. The summed E-state index contributed by atoms with van der Waals surface area (Å²) in [6.45, 7) is 1.49. The molecule has 5 heteroatoms. The highest BCUT2D eigenvalue weighted by molar-refractivity contribution is 6.33. The Hall–Kier alpha value is -2.59. The topological polar surface area (TPSA) is 59.4 Å².